The van der Waals surface area contributed by atoms with Crippen molar-refractivity contribution >= 4 is 0 Å². The number of hydrogen-bond donors (Lipinski definition) is 2. The molecule has 2 aliphatic carbocycles. The minimum atomic E-state index is 0.219. The molecule has 2 saturated carbocycles. The minimum absolute atomic E-state index is 0.219. The lowest BCUT2D eigenvalue weighted by Crippen LogP contribution is -2.49. The van der Waals surface area contributed by atoms with E-state index in [0.29, 0.717) is 0 Å². The Morgan fingerprint density at radius 1 is 1.25 bits per heavy atom. The molecule has 3 N–H and O–H groups in total. The van der Waals surface area contributed by atoms with Crippen molar-refractivity contribution in [3.63, 3.8) is 0 Å². The Hall–Kier alpha value is -0.0800. The number of rotatable bonds is 4. The molecule has 0 radical (unpaired) electrons. The molecule has 0 atom stereocenters. The molecule has 70 valence electrons. The van der Waals surface area contributed by atoms with Crippen LogP contribution < -0.4 is 11.1 Å². The summed E-state index contributed by atoms with van der Waals surface area (Å²) in [4.78, 5) is 0. The van der Waals surface area contributed by atoms with Crippen LogP contribution in [0.25, 0.3) is 0 Å². The van der Waals surface area contributed by atoms with Crippen molar-refractivity contribution < 1.29 is 0 Å². The summed E-state index contributed by atoms with van der Waals surface area (Å²) in [5.74, 6) is 0. The Morgan fingerprint density at radius 2 is 2.00 bits per heavy atom. The average molecular weight is 168 g/mol. The molecular formula is C10H20N2. The Balaban J connectivity index is 1.55. The van der Waals surface area contributed by atoms with E-state index >= 15 is 0 Å². The van der Waals surface area contributed by atoms with E-state index in [0.717, 1.165) is 12.6 Å². The first-order valence-corrected chi connectivity index (χ1v) is 5.31. The molecule has 2 nitrogen and oxygen atoms in total. The van der Waals surface area contributed by atoms with Gasteiger partial charge in [-0.05, 0) is 45.1 Å². The third-order valence-electron chi connectivity index (χ3n) is 3.51. The maximum Gasteiger partial charge on any atom is 0.0166 e. The number of hydrogen-bond acceptors (Lipinski definition) is 2. The predicted molar refractivity (Wildman–Crippen MR) is 51.0 cm³/mol. The Bertz CT molecular complexity index is 148. The van der Waals surface area contributed by atoms with Gasteiger partial charge in [-0.15, -0.1) is 0 Å². The van der Waals surface area contributed by atoms with Crippen LogP contribution in [0.4, 0.5) is 0 Å². The molecule has 12 heavy (non-hydrogen) atoms. The van der Waals surface area contributed by atoms with Gasteiger partial charge in [-0.3, -0.25) is 0 Å². The summed E-state index contributed by atoms with van der Waals surface area (Å²) >= 11 is 0. The van der Waals surface area contributed by atoms with Crippen LogP contribution in [0.1, 0.15) is 44.9 Å². The fourth-order valence-electron chi connectivity index (χ4n) is 2.02. The summed E-state index contributed by atoms with van der Waals surface area (Å²) in [6.45, 7) is 1.14. The van der Waals surface area contributed by atoms with Gasteiger partial charge in [0.05, 0.1) is 0 Å². The molecule has 2 fully saturated rings. The van der Waals surface area contributed by atoms with Crippen LogP contribution in [-0.4, -0.2) is 18.1 Å². The molecule has 2 rings (SSSR count). The molecule has 0 spiro atoms. The Labute approximate surface area is 74.9 Å². The second-order valence-corrected chi connectivity index (χ2v) is 4.55. The molecule has 0 aromatic carbocycles. The van der Waals surface area contributed by atoms with Crippen molar-refractivity contribution in [1.82, 2.24) is 5.32 Å². The van der Waals surface area contributed by atoms with Gasteiger partial charge in [-0.25, -0.2) is 0 Å². The zero-order chi connectivity index (χ0) is 8.44. The van der Waals surface area contributed by atoms with Crippen molar-refractivity contribution in [2.24, 2.45) is 5.73 Å². The zero-order valence-electron chi connectivity index (χ0n) is 7.81. The molecule has 2 aliphatic rings. The lowest BCUT2D eigenvalue weighted by Gasteiger charge is -2.39. The van der Waals surface area contributed by atoms with E-state index in [-0.39, 0.29) is 5.54 Å². The third-order valence-corrected chi connectivity index (χ3v) is 3.51. The van der Waals surface area contributed by atoms with E-state index in [9.17, 15) is 0 Å². The molecule has 2 heteroatoms. The van der Waals surface area contributed by atoms with Gasteiger partial charge in [0.15, 0.2) is 0 Å². The maximum absolute atomic E-state index is 6.11. The normalized spacial score (nSPS) is 27.8. The summed E-state index contributed by atoms with van der Waals surface area (Å²) in [5.41, 5.74) is 6.33. The average Bonchev–Trinajstić information content (AvgIpc) is 1.91. The smallest absolute Gasteiger partial charge is 0.0166 e. The third kappa shape index (κ3) is 1.80. The lowest BCUT2D eigenvalue weighted by atomic mass is 9.75. The summed E-state index contributed by atoms with van der Waals surface area (Å²) < 4.78 is 0. The largest absolute Gasteiger partial charge is 0.325 e. The molecule has 0 unspecified atom stereocenters. The van der Waals surface area contributed by atoms with E-state index in [1.165, 1.54) is 44.9 Å². The highest BCUT2D eigenvalue weighted by Crippen LogP contribution is 2.31. The van der Waals surface area contributed by atoms with Crippen LogP contribution >= 0.6 is 0 Å². The van der Waals surface area contributed by atoms with Crippen LogP contribution in [0.5, 0.6) is 0 Å². The Morgan fingerprint density at radius 3 is 2.42 bits per heavy atom. The first-order valence-electron chi connectivity index (χ1n) is 5.31. The predicted octanol–water partition coefficient (Wildman–Crippen LogP) is 1.40. The van der Waals surface area contributed by atoms with Crippen molar-refractivity contribution in [3.8, 4) is 0 Å². The van der Waals surface area contributed by atoms with E-state index in [1.54, 1.807) is 0 Å². The molecule has 0 aromatic rings. The second-order valence-electron chi connectivity index (χ2n) is 4.55. The highest BCUT2D eigenvalue weighted by molar-refractivity contribution is 4.93. The van der Waals surface area contributed by atoms with Gasteiger partial charge in [0.2, 0.25) is 0 Å². The van der Waals surface area contributed by atoms with Crippen LogP contribution in [-0.2, 0) is 0 Å². The van der Waals surface area contributed by atoms with Crippen molar-refractivity contribution in [3.05, 3.63) is 0 Å². The molecule has 0 amide bonds. The summed E-state index contributed by atoms with van der Waals surface area (Å²) in [5, 5.41) is 3.56. The fraction of sp³-hybridized carbons (Fsp3) is 1.00. The zero-order valence-corrected chi connectivity index (χ0v) is 7.81. The molecule has 0 bridgehead atoms. The maximum atomic E-state index is 6.11. The Kier molecular flexibility index (Phi) is 2.37. The van der Waals surface area contributed by atoms with Crippen molar-refractivity contribution in [2.75, 3.05) is 6.54 Å². The van der Waals surface area contributed by atoms with Crippen LogP contribution in [0.15, 0.2) is 0 Å². The van der Waals surface area contributed by atoms with Crippen LogP contribution in [0.3, 0.4) is 0 Å². The van der Waals surface area contributed by atoms with Crippen molar-refractivity contribution in [1.29, 1.82) is 0 Å². The van der Waals surface area contributed by atoms with E-state index in [2.05, 4.69) is 5.32 Å². The topological polar surface area (TPSA) is 38.0 Å². The quantitative estimate of drug-likeness (QED) is 0.666. The van der Waals surface area contributed by atoms with Crippen LogP contribution in [0.2, 0.25) is 0 Å². The molecule has 0 heterocycles. The standard InChI is InChI=1S/C10H20N2/c11-10(5-2-6-10)7-8-12-9-3-1-4-9/h9,12H,1-8,11H2. The summed E-state index contributed by atoms with van der Waals surface area (Å²) in [7, 11) is 0. The highest BCUT2D eigenvalue weighted by Gasteiger charge is 2.31. The first kappa shape index (κ1) is 8.52. The van der Waals surface area contributed by atoms with Crippen molar-refractivity contribution in [2.45, 2.75) is 56.5 Å². The molecule has 0 saturated heterocycles. The first-order chi connectivity index (χ1) is 5.79. The van der Waals surface area contributed by atoms with Crippen LogP contribution in [0, 0.1) is 0 Å². The lowest BCUT2D eigenvalue weighted by molar-refractivity contribution is 0.219. The summed E-state index contributed by atoms with van der Waals surface area (Å²) in [6, 6.07) is 0.827. The van der Waals surface area contributed by atoms with Gasteiger partial charge < -0.3 is 11.1 Å². The number of nitrogens with two attached hydrogens (primary N) is 1. The van der Waals surface area contributed by atoms with Gasteiger partial charge in [-0.1, -0.05) is 6.42 Å². The molecular weight excluding hydrogens is 148 g/mol. The monoisotopic (exact) mass is 168 g/mol. The fourth-order valence-corrected chi connectivity index (χ4v) is 2.02. The number of nitrogens with one attached hydrogen (secondary N) is 1. The molecule has 0 aromatic heterocycles. The second kappa shape index (κ2) is 3.35. The van der Waals surface area contributed by atoms with E-state index in [4.69, 9.17) is 5.73 Å². The summed E-state index contributed by atoms with van der Waals surface area (Å²) in [6.07, 6.45) is 9.22. The SMILES string of the molecule is NC1(CCNC2CCC2)CCC1. The minimum Gasteiger partial charge on any atom is -0.325 e. The van der Waals surface area contributed by atoms with Gasteiger partial charge >= 0.3 is 0 Å². The van der Waals surface area contributed by atoms with Gasteiger partial charge in [0.25, 0.3) is 0 Å². The molecule has 0 aliphatic heterocycles. The van der Waals surface area contributed by atoms with Gasteiger partial charge in [-0.2, -0.15) is 0 Å². The van der Waals surface area contributed by atoms with E-state index < -0.39 is 0 Å². The van der Waals surface area contributed by atoms with E-state index in [1.807, 2.05) is 0 Å². The highest BCUT2D eigenvalue weighted by atomic mass is 14.9. The van der Waals surface area contributed by atoms with Gasteiger partial charge in [0.1, 0.15) is 0 Å². The van der Waals surface area contributed by atoms with Gasteiger partial charge in [0, 0.05) is 11.6 Å².